The predicted octanol–water partition coefficient (Wildman–Crippen LogP) is 4.74. The first kappa shape index (κ1) is 12.9. The molecule has 0 aromatic heterocycles. The van der Waals surface area contributed by atoms with Gasteiger partial charge in [0.05, 0.1) is 0 Å². The molecular weight excluding hydrogens is 240 g/mol. The molecule has 18 heavy (non-hydrogen) atoms. The van der Waals surface area contributed by atoms with Crippen LogP contribution in [0.4, 0.5) is 0 Å². The molecule has 0 bridgehead atoms. The van der Waals surface area contributed by atoms with Gasteiger partial charge in [0.25, 0.3) is 0 Å². The summed E-state index contributed by atoms with van der Waals surface area (Å²) in [7, 11) is 0. The molecule has 2 aromatic rings. The largest absolute Gasteiger partial charge is 0.294 e. The Morgan fingerprint density at radius 1 is 1.00 bits per heavy atom. The van der Waals surface area contributed by atoms with E-state index in [0.29, 0.717) is 6.42 Å². The predicted molar refractivity (Wildman–Crippen MR) is 76.4 cm³/mol. The van der Waals surface area contributed by atoms with E-state index in [2.05, 4.69) is 19.1 Å². The molecular formula is C16H16OS. The zero-order chi connectivity index (χ0) is 13.0. The first-order valence-electron chi connectivity index (χ1n) is 6.08. The van der Waals surface area contributed by atoms with Crippen molar-refractivity contribution < 1.29 is 4.79 Å². The van der Waals surface area contributed by atoms with Crippen LogP contribution in [0.1, 0.15) is 29.3 Å². The van der Waals surface area contributed by atoms with E-state index < -0.39 is 0 Å². The van der Waals surface area contributed by atoms with Gasteiger partial charge in [-0.05, 0) is 24.6 Å². The van der Waals surface area contributed by atoms with Crippen LogP contribution < -0.4 is 0 Å². The molecule has 1 nitrogen and oxygen atoms in total. The number of carbonyl (C=O) groups is 1. The van der Waals surface area contributed by atoms with Crippen molar-refractivity contribution in [1.29, 1.82) is 0 Å². The number of Topliss-reactive ketones (excluding diaryl/α,β-unsaturated/α-hetero) is 1. The van der Waals surface area contributed by atoms with Gasteiger partial charge in [0.2, 0.25) is 0 Å². The van der Waals surface area contributed by atoms with Gasteiger partial charge in [0.15, 0.2) is 5.78 Å². The van der Waals surface area contributed by atoms with Crippen LogP contribution in [0.3, 0.4) is 0 Å². The normalized spacial score (nSPS) is 10.3. The van der Waals surface area contributed by atoms with E-state index in [9.17, 15) is 4.79 Å². The lowest BCUT2D eigenvalue weighted by molar-refractivity contribution is 0.0985. The van der Waals surface area contributed by atoms with Crippen LogP contribution >= 0.6 is 11.8 Å². The molecule has 2 aromatic carbocycles. The zero-order valence-corrected chi connectivity index (χ0v) is 11.5. The number of carbonyl (C=O) groups excluding carboxylic acids is 1. The van der Waals surface area contributed by atoms with Gasteiger partial charge in [0.1, 0.15) is 0 Å². The Labute approximate surface area is 112 Å². The minimum Gasteiger partial charge on any atom is -0.294 e. The van der Waals surface area contributed by atoms with Crippen molar-refractivity contribution in [2.24, 2.45) is 0 Å². The summed E-state index contributed by atoms with van der Waals surface area (Å²) in [6, 6.07) is 16.1. The van der Waals surface area contributed by atoms with E-state index in [1.807, 2.05) is 43.3 Å². The standard InChI is InChI=1S/C16H16OS/c1-3-14(17)13-9-5-7-11-16(13)18-15-10-6-4-8-12(15)2/h4-11H,3H2,1-2H3. The molecule has 0 radical (unpaired) electrons. The van der Waals surface area contributed by atoms with Crippen LogP contribution in [0.15, 0.2) is 58.3 Å². The molecule has 2 rings (SSSR count). The average molecular weight is 256 g/mol. The molecule has 0 atom stereocenters. The highest BCUT2D eigenvalue weighted by atomic mass is 32.2. The molecule has 0 aliphatic rings. The molecule has 0 saturated heterocycles. The topological polar surface area (TPSA) is 17.1 Å². The van der Waals surface area contributed by atoms with E-state index in [1.165, 1.54) is 10.5 Å². The highest BCUT2D eigenvalue weighted by molar-refractivity contribution is 7.99. The summed E-state index contributed by atoms with van der Waals surface area (Å²) < 4.78 is 0. The van der Waals surface area contributed by atoms with Gasteiger partial charge in [0, 0.05) is 21.8 Å². The Morgan fingerprint density at radius 3 is 2.28 bits per heavy atom. The Bertz CT molecular complexity index is 561. The fourth-order valence-corrected chi connectivity index (χ4v) is 2.82. The Kier molecular flexibility index (Phi) is 4.21. The number of aryl methyl sites for hydroxylation is 1. The maximum Gasteiger partial charge on any atom is 0.163 e. The molecule has 0 amide bonds. The molecule has 92 valence electrons. The summed E-state index contributed by atoms with van der Waals surface area (Å²) in [5.41, 5.74) is 2.06. The Balaban J connectivity index is 2.35. The van der Waals surface area contributed by atoms with Crippen LogP contribution in [0.2, 0.25) is 0 Å². The second-order valence-electron chi connectivity index (χ2n) is 4.14. The van der Waals surface area contributed by atoms with Gasteiger partial charge in [-0.1, -0.05) is 55.1 Å². The third kappa shape index (κ3) is 2.82. The third-order valence-corrected chi connectivity index (χ3v) is 4.08. The van der Waals surface area contributed by atoms with Gasteiger partial charge in [-0.25, -0.2) is 0 Å². The lowest BCUT2D eigenvalue weighted by Crippen LogP contribution is -1.98. The molecule has 0 unspecified atom stereocenters. The molecule has 0 aliphatic carbocycles. The third-order valence-electron chi connectivity index (χ3n) is 2.82. The van der Waals surface area contributed by atoms with Crippen LogP contribution in [-0.4, -0.2) is 5.78 Å². The van der Waals surface area contributed by atoms with E-state index in [4.69, 9.17) is 0 Å². The van der Waals surface area contributed by atoms with Crippen LogP contribution in [-0.2, 0) is 0 Å². The van der Waals surface area contributed by atoms with E-state index in [0.717, 1.165) is 10.5 Å². The van der Waals surface area contributed by atoms with Crippen molar-refractivity contribution in [3.8, 4) is 0 Å². The highest BCUT2D eigenvalue weighted by Gasteiger charge is 2.10. The molecule has 0 saturated carbocycles. The van der Waals surface area contributed by atoms with Crippen molar-refractivity contribution in [1.82, 2.24) is 0 Å². The van der Waals surface area contributed by atoms with Crippen LogP contribution in [0, 0.1) is 6.92 Å². The van der Waals surface area contributed by atoms with Crippen molar-refractivity contribution in [2.75, 3.05) is 0 Å². The van der Waals surface area contributed by atoms with Crippen molar-refractivity contribution >= 4 is 17.5 Å². The SMILES string of the molecule is CCC(=O)c1ccccc1Sc1ccccc1C. The summed E-state index contributed by atoms with van der Waals surface area (Å²) in [6.45, 7) is 3.99. The zero-order valence-electron chi connectivity index (χ0n) is 10.6. The monoisotopic (exact) mass is 256 g/mol. The molecule has 0 N–H and O–H groups in total. The molecule has 0 spiro atoms. The number of hydrogen-bond acceptors (Lipinski definition) is 2. The van der Waals surface area contributed by atoms with Crippen LogP contribution in [0.5, 0.6) is 0 Å². The summed E-state index contributed by atoms with van der Waals surface area (Å²) >= 11 is 1.66. The Morgan fingerprint density at radius 2 is 1.61 bits per heavy atom. The second kappa shape index (κ2) is 5.87. The van der Waals surface area contributed by atoms with Crippen LogP contribution in [0.25, 0.3) is 0 Å². The summed E-state index contributed by atoms with van der Waals surface area (Å²) in [5, 5.41) is 0. The number of benzene rings is 2. The molecule has 2 heteroatoms. The van der Waals surface area contributed by atoms with E-state index in [-0.39, 0.29) is 5.78 Å². The smallest absolute Gasteiger partial charge is 0.163 e. The van der Waals surface area contributed by atoms with Crippen molar-refractivity contribution in [2.45, 2.75) is 30.1 Å². The summed E-state index contributed by atoms with van der Waals surface area (Å²) in [4.78, 5) is 14.1. The lowest BCUT2D eigenvalue weighted by atomic mass is 10.1. The summed E-state index contributed by atoms with van der Waals surface area (Å²) in [5.74, 6) is 0.201. The van der Waals surface area contributed by atoms with Crippen molar-refractivity contribution in [3.05, 3.63) is 59.7 Å². The quantitative estimate of drug-likeness (QED) is 0.735. The minimum absolute atomic E-state index is 0.201. The van der Waals surface area contributed by atoms with Gasteiger partial charge >= 0.3 is 0 Å². The average Bonchev–Trinajstić information content (AvgIpc) is 2.41. The highest BCUT2D eigenvalue weighted by Crippen LogP contribution is 2.32. The van der Waals surface area contributed by atoms with Gasteiger partial charge in [-0.15, -0.1) is 0 Å². The van der Waals surface area contributed by atoms with Gasteiger partial charge in [-0.2, -0.15) is 0 Å². The number of rotatable bonds is 4. The maximum atomic E-state index is 11.9. The minimum atomic E-state index is 0.201. The fraction of sp³-hybridized carbons (Fsp3) is 0.188. The summed E-state index contributed by atoms with van der Waals surface area (Å²) in [6.07, 6.45) is 0.547. The van der Waals surface area contributed by atoms with E-state index in [1.54, 1.807) is 11.8 Å². The number of hydrogen-bond donors (Lipinski definition) is 0. The molecule has 0 aliphatic heterocycles. The Hall–Kier alpha value is -1.54. The molecule has 0 heterocycles. The van der Waals surface area contributed by atoms with E-state index >= 15 is 0 Å². The lowest BCUT2D eigenvalue weighted by Gasteiger charge is -2.09. The number of ketones is 1. The first-order chi connectivity index (χ1) is 8.72. The fourth-order valence-electron chi connectivity index (χ4n) is 1.77. The van der Waals surface area contributed by atoms with Gasteiger partial charge < -0.3 is 0 Å². The van der Waals surface area contributed by atoms with Crippen molar-refractivity contribution in [3.63, 3.8) is 0 Å². The molecule has 0 fully saturated rings. The first-order valence-corrected chi connectivity index (χ1v) is 6.89. The maximum absolute atomic E-state index is 11.9. The second-order valence-corrected chi connectivity index (χ2v) is 5.22. The van der Waals surface area contributed by atoms with Gasteiger partial charge in [-0.3, -0.25) is 4.79 Å².